The van der Waals surface area contributed by atoms with Crippen LogP contribution in [0.2, 0.25) is 0 Å². The van der Waals surface area contributed by atoms with Gasteiger partial charge in [-0.1, -0.05) is 32.0 Å². The van der Waals surface area contributed by atoms with Crippen molar-refractivity contribution >= 4 is 11.6 Å². The summed E-state index contributed by atoms with van der Waals surface area (Å²) in [7, 11) is 2.10. The zero-order valence-electron chi connectivity index (χ0n) is 13.9. The van der Waals surface area contributed by atoms with Gasteiger partial charge in [0.1, 0.15) is 0 Å². The lowest BCUT2D eigenvalue weighted by molar-refractivity contribution is 0.707. The second kappa shape index (κ2) is 7.73. The molecule has 1 unspecified atom stereocenters. The van der Waals surface area contributed by atoms with Crippen LogP contribution in [0.5, 0.6) is 0 Å². The number of nitrogens with zero attached hydrogens (tertiary/aromatic N) is 4. The average molecular weight is 299 g/mol. The molecular weight excluding hydrogens is 274 g/mol. The minimum absolute atomic E-state index is 0.321. The van der Waals surface area contributed by atoms with Crippen LogP contribution in [-0.2, 0) is 12.8 Å². The molecule has 5 nitrogen and oxygen atoms in total. The van der Waals surface area contributed by atoms with Crippen LogP contribution in [0.1, 0.15) is 32.2 Å². The lowest BCUT2D eigenvalue weighted by atomic mass is 10.2. The van der Waals surface area contributed by atoms with Crippen LogP contribution >= 0.6 is 0 Å². The van der Waals surface area contributed by atoms with Crippen LogP contribution in [0.25, 0.3) is 0 Å². The topological polar surface area (TPSA) is 53.9 Å². The van der Waals surface area contributed by atoms with Gasteiger partial charge in [-0.05, 0) is 31.9 Å². The van der Waals surface area contributed by atoms with Crippen molar-refractivity contribution in [3.05, 3.63) is 41.7 Å². The molecule has 1 atom stereocenters. The Morgan fingerprint density at radius 2 is 1.73 bits per heavy atom. The van der Waals surface area contributed by atoms with E-state index < -0.39 is 0 Å². The highest BCUT2D eigenvalue weighted by Gasteiger charge is 2.11. The summed E-state index contributed by atoms with van der Waals surface area (Å²) in [6, 6.07) is 10.7. The predicted molar refractivity (Wildman–Crippen MR) is 91.4 cm³/mol. The molecular formula is C17H25N5. The molecule has 2 rings (SSSR count). The standard InChI is InChI=1S/C17H25N5/c1-5-15-16(6-2)20-21-17(19-15)18-12-13(3)22(4)14-10-8-7-9-11-14/h7-11,13H,5-6,12H2,1-4H3,(H,18,19,21). The summed E-state index contributed by atoms with van der Waals surface area (Å²) in [6.45, 7) is 7.11. The van der Waals surface area contributed by atoms with Gasteiger partial charge in [0.05, 0.1) is 11.4 Å². The van der Waals surface area contributed by atoms with Crippen molar-refractivity contribution in [3.8, 4) is 0 Å². The molecule has 0 radical (unpaired) electrons. The Morgan fingerprint density at radius 1 is 1.05 bits per heavy atom. The first-order valence-electron chi connectivity index (χ1n) is 7.89. The highest BCUT2D eigenvalue weighted by atomic mass is 15.3. The maximum absolute atomic E-state index is 4.56. The normalized spacial score (nSPS) is 12.0. The summed E-state index contributed by atoms with van der Waals surface area (Å²) in [4.78, 5) is 6.80. The first-order valence-corrected chi connectivity index (χ1v) is 7.89. The molecule has 118 valence electrons. The van der Waals surface area contributed by atoms with E-state index in [0.29, 0.717) is 12.0 Å². The summed E-state index contributed by atoms with van der Waals surface area (Å²) >= 11 is 0. The molecule has 0 saturated heterocycles. The van der Waals surface area contributed by atoms with E-state index in [-0.39, 0.29) is 0 Å². The van der Waals surface area contributed by atoms with Gasteiger partial charge in [0, 0.05) is 25.3 Å². The predicted octanol–water partition coefficient (Wildman–Crippen LogP) is 2.93. The number of para-hydroxylation sites is 1. The third kappa shape index (κ3) is 3.93. The SMILES string of the molecule is CCc1nnc(NCC(C)N(C)c2ccccc2)nc1CC. The number of hydrogen-bond acceptors (Lipinski definition) is 5. The number of aromatic nitrogens is 3. The summed E-state index contributed by atoms with van der Waals surface area (Å²) in [5.41, 5.74) is 3.22. The number of aryl methyl sites for hydroxylation is 2. The minimum atomic E-state index is 0.321. The molecule has 0 amide bonds. The number of likely N-dealkylation sites (N-methyl/N-ethyl adjacent to an activating group) is 1. The van der Waals surface area contributed by atoms with Gasteiger partial charge in [-0.3, -0.25) is 0 Å². The van der Waals surface area contributed by atoms with Crippen molar-refractivity contribution < 1.29 is 0 Å². The zero-order valence-corrected chi connectivity index (χ0v) is 13.9. The Labute approximate surface area is 132 Å². The fourth-order valence-corrected chi connectivity index (χ4v) is 2.31. The van der Waals surface area contributed by atoms with E-state index in [1.807, 2.05) is 6.07 Å². The van der Waals surface area contributed by atoms with Gasteiger partial charge in [0.25, 0.3) is 0 Å². The highest BCUT2D eigenvalue weighted by Crippen LogP contribution is 2.14. The smallest absolute Gasteiger partial charge is 0.243 e. The number of benzene rings is 1. The van der Waals surface area contributed by atoms with Crippen LogP contribution in [0.4, 0.5) is 11.6 Å². The molecule has 0 saturated carbocycles. The van der Waals surface area contributed by atoms with E-state index in [9.17, 15) is 0 Å². The minimum Gasteiger partial charge on any atom is -0.370 e. The van der Waals surface area contributed by atoms with Crippen LogP contribution in [0.15, 0.2) is 30.3 Å². The molecule has 2 aromatic rings. The molecule has 0 fully saturated rings. The van der Waals surface area contributed by atoms with Gasteiger partial charge in [-0.15, -0.1) is 5.10 Å². The van der Waals surface area contributed by atoms with Crippen LogP contribution in [0, 0.1) is 0 Å². The van der Waals surface area contributed by atoms with Gasteiger partial charge < -0.3 is 10.2 Å². The molecule has 0 bridgehead atoms. The van der Waals surface area contributed by atoms with Gasteiger partial charge in [0.2, 0.25) is 5.95 Å². The first-order chi connectivity index (χ1) is 10.7. The molecule has 5 heteroatoms. The Kier molecular flexibility index (Phi) is 5.69. The maximum Gasteiger partial charge on any atom is 0.243 e. The molecule has 1 heterocycles. The second-order valence-electron chi connectivity index (χ2n) is 5.41. The maximum atomic E-state index is 4.56. The van der Waals surface area contributed by atoms with Crippen molar-refractivity contribution in [2.24, 2.45) is 0 Å². The van der Waals surface area contributed by atoms with E-state index >= 15 is 0 Å². The molecule has 22 heavy (non-hydrogen) atoms. The van der Waals surface area contributed by atoms with Gasteiger partial charge >= 0.3 is 0 Å². The van der Waals surface area contributed by atoms with Crippen molar-refractivity contribution in [2.75, 3.05) is 23.8 Å². The number of nitrogens with one attached hydrogen (secondary N) is 1. The summed E-state index contributed by atoms with van der Waals surface area (Å²) in [6.07, 6.45) is 1.75. The third-order valence-corrected chi connectivity index (χ3v) is 3.89. The molecule has 1 aromatic carbocycles. The average Bonchev–Trinajstić information content (AvgIpc) is 2.59. The Hall–Kier alpha value is -2.17. The quantitative estimate of drug-likeness (QED) is 0.852. The lowest BCUT2D eigenvalue weighted by Crippen LogP contribution is -2.35. The zero-order chi connectivity index (χ0) is 15.9. The van der Waals surface area contributed by atoms with Crippen molar-refractivity contribution in [1.29, 1.82) is 0 Å². The lowest BCUT2D eigenvalue weighted by Gasteiger charge is -2.27. The van der Waals surface area contributed by atoms with E-state index in [1.54, 1.807) is 0 Å². The Balaban J connectivity index is 1.97. The molecule has 1 aromatic heterocycles. The summed E-state index contributed by atoms with van der Waals surface area (Å²) in [5.74, 6) is 0.613. The molecule has 0 spiro atoms. The molecule has 0 aliphatic carbocycles. The fraction of sp³-hybridized carbons (Fsp3) is 0.471. The highest BCUT2D eigenvalue weighted by molar-refractivity contribution is 5.46. The Morgan fingerprint density at radius 3 is 2.36 bits per heavy atom. The van der Waals surface area contributed by atoms with Gasteiger partial charge in [0.15, 0.2) is 0 Å². The van der Waals surface area contributed by atoms with Crippen LogP contribution < -0.4 is 10.2 Å². The van der Waals surface area contributed by atoms with Crippen molar-refractivity contribution in [2.45, 2.75) is 39.7 Å². The molecule has 0 aliphatic heterocycles. The van der Waals surface area contributed by atoms with E-state index in [0.717, 1.165) is 30.8 Å². The second-order valence-corrected chi connectivity index (χ2v) is 5.41. The van der Waals surface area contributed by atoms with E-state index in [4.69, 9.17) is 0 Å². The van der Waals surface area contributed by atoms with Gasteiger partial charge in [-0.25, -0.2) is 4.98 Å². The van der Waals surface area contributed by atoms with E-state index in [1.165, 1.54) is 5.69 Å². The first kappa shape index (κ1) is 16.2. The number of anilines is 2. The summed E-state index contributed by atoms with van der Waals surface area (Å²) in [5, 5.41) is 11.7. The number of rotatable bonds is 7. The van der Waals surface area contributed by atoms with Crippen LogP contribution in [0.3, 0.4) is 0 Å². The van der Waals surface area contributed by atoms with Crippen LogP contribution in [-0.4, -0.2) is 34.8 Å². The third-order valence-electron chi connectivity index (χ3n) is 3.89. The fourth-order valence-electron chi connectivity index (χ4n) is 2.31. The Bertz CT molecular complexity index is 585. The van der Waals surface area contributed by atoms with Crippen molar-refractivity contribution in [1.82, 2.24) is 15.2 Å². The molecule has 1 N–H and O–H groups in total. The van der Waals surface area contributed by atoms with E-state index in [2.05, 4.69) is 77.5 Å². The monoisotopic (exact) mass is 299 g/mol. The van der Waals surface area contributed by atoms with Crippen molar-refractivity contribution in [3.63, 3.8) is 0 Å². The summed E-state index contributed by atoms with van der Waals surface area (Å²) < 4.78 is 0. The van der Waals surface area contributed by atoms with Gasteiger partial charge in [-0.2, -0.15) is 5.10 Å². The molecule has 0 aliphatic rings. The largest absolute Gasteiger partial charge is 0.370 e. The number of hydrogen-bond donors (Lipinski definition) is 1.